The van der Waals surface area contributed by atoms with Gasteiger partial charge in [0.15, 0.2) is 0 Å². The van der Waals surface area contributed by atoms with Crippen molar-refractivity contribution in [1.29, 1.82) is 0 Å². The zero-order chi connectivity index (χ0) is 9.90. The predicted molar refractivity (Wildman–Crippen MR) is 52.6 cm³/mol. The first-order chi connectivity index (χ1) is 6.05. The molecule has 0 aliphatic carbocycles. The second kappa shape index (κ2) is 4.05. The van der Waals surface area contributed by atoms with Gasteiger partial charge in [0.25, 0.3) is 0 Å². The van der Waals surface area contributed by atoms with Crippen molar-refractivity contribution in [3.63, 3.8) is 0 Å². The minimum atomic E-state index is -0.620. The second-order valence-electron chi connectivity index (χ2n) is 3.46. The third-order valence-electron chi connectivity index (χ3n) is 1.81. The molecule has 0 spiro atoms. The van der Waals surface area contributed by atoms with Gasteiger partial charge in [-0.05, 0) is 25.0 Å². The molecule has 0 aromatic carbocycles. The average Bonchev–Trinajstić information content (AvgIpc) is 2.09. The molecule has 0 aliphatic heterocycles. The number of hydrogen-bond acceptors (Lipinski definition) is 3. The number of nitrogens with two attached hydrogens (primary N) is 1. The van der Waals surface area contributed by atoms with Gasteiger partial charge >= 0.3 is 0 Å². The first kappa shape index (κ1) is 10.4. The van der Waals surface area contributed by atoms with E-state index in [4.69, 9.17) is 22.4 Å². The van der Waals surface area contributed by atoms with Crippen molar-refractivity contribution in [3.8, 4) is 0 Å². The van der Waals surface area contributed by atoms with E-state index in [-0.39, 0.29) is 6.61 Å². The maximum Gasteiger partial charge on any atom is 0.0622 e. The fourth-order valence-electron chi connectivity index (χ4n) is 1.04. The van der Waals surface area contributed by atoms with E-state index < -0.39 is 5.54 Å². The van der Waals surface area contributed by atoms with Gasteiger partial charge in [-0.2, -0.15) is 0 Å². The van der Waals surface area contributed by atoms with Crippen LogP contribution in [0.4, 0.5) is 0 Å². The van der Waals surface area contributed by atoms with Crippen LogP contribution < -0.4 is 5.73 Å². The normalized spacial score (nSPS) is 15.4. The first-order valence-corrected chi connectivity index (χ1v) is 4.41. The van der Waals surface area contributed by atoms with E-state index >= 15 is 0 Å². The Morgan fingerprint density at radius 2 is 2.38 bits per heavy atom. The molecule has 0 bridgehead atoms. The Balaban J connectivity index is 2.80. The summed E-state index contributed by atoms with van der Waals surface area (Å²) >= 11 is 5.89. The van der Waals surface area contributed by atoms with Crippen molar-refractivity contribution >= 4 is 11.6 Å². The quantitative estimate of drug-likeness (QED) is 0.765. The average molecular weight is 201 g/mol. The van der Waals surface area contributed by atoms with Crippen LogP contribution in [0.3, 0.4) is 0 Å². The highest BCUT2D eigenvalue weighted by Gasteiger charge is 2.18. The van der Waals surface area contributed by atoms with Gasteiger partial charge in [-0.3, -0.25) is 4.98 Å². The highest BCUT2D eigenvalue weighted by Crippen LogP contribution is 2.18. The molecular formula is C9H13ClN2O. The Hall–Kier alpha value is -0.640. The molecule has 1 atom stereocenters. The topological polar surface area (TPSA) is 59.1 Å². The van der Waals surface area contributed by atoms with E-state index in [1.807, 2.05) is 6.07 Å². The Bertz CT molecular complexity index is 289. The van der Waals surface area contributed by atoms with Crippen molar-refractivity contribution in [3.05, 3.63) is 29.0 Å². The number of aromatic nitrogens is 1. The van der Waals surface area contributed by atoms with Gasteiger partial charge in [-0.1, -0.05) is 11.6 Å². The zero-order valence-corrected chi connectivity index (χ0v) is 8.25. The molecule has 1 unspecified atom stereocenters. The molecule has 4 heteroatoms. The molecule has 3 N–H and O–H groups in total. The lowest BCUT2D eigenvalue weighted by Crippen LogP contribution is -2.42. The van der Waals surface area contributed by atoms with Crippen molar-refractivity contribution < 1.29 is 5.11 Å². The molecule has 0 aliphatic rings. The molecule has 13 heavy (non-hydrogen) atoms. The summed E-state index contributed by atoms with van der Waals surface area (Å²) in [5, 5.41) is 9.55. The molecule has 0 amide bonds. The van der Waals surface area contributed by atoms with Gasteiger partial charge in [-0.15, -0.1) is 0 Å². The van der Waals surface area contributed by atoms with Crippen LogP contribution in [0.15, 0.2) is 18.5 Å². The zero-order valence-electron chi connectivity index (χ0n) is 7.50. The fourth-order valence-corrected chi connectivity index (χ4v) is 1.22. The SMILES string of the molecule is CC(N)(CO)Cc1ccncc1Cl. The van der Waals surface area contributed by atoms with Gasteiger partial charge < -0.3 is 10.8 Å². The van der Waals surface area contributed by atoms with Gasteiger partial charge in [0, 0.05) is 17.9 Å². The third-order valence-corrected chi connectivity index (χ3v) is 2.15. The Morgan fingerprint density at radius 3 is 2.92 bits per heavy atom. The van der Waals surface area contributed by atoms with Crippen LogP contribution in [0, 0.1) is 0 Å². The van der Waals surface area contributed by atoms with Crippen LogP contribution in [-0.4, -0.2) is 22.2 Å². The molecule has 0 saturated heterocycles. The number of nitrogens with zero attached hydrogens (tertiary/aromatic N) is 1. The summed E-state index contributed by atoms with van der Waals surface area (Å²) in [4.78, 5) is 3.87. The molecule has 0 fully saturated rings. The van der Waals surface area contributed by atoms with Crippen LogP contribution in [0.2, 0.25) is 5.02 Å². The smallest absolute Gasteiger partial charge is 0.0622 e. The van der Waals surface area contributed by atoms with Gasteiger partial charge in [0.2, 0.25) is 0 Å². The molecule has 1 aromatic rings. The predicted octanol–water partition coefficient (Wildman–Crippen LogP) is 0.987. The first-order valence-electron chi connectivity index (χ1n) is 4.03. The molecule has 1 rings (SSSR count). The number of hydrogen-bond donors (Lipinski definition) is 2. The Kier molecular flexibility index (Phi) is 3.25. The van der Waals surface area contributed by atoms with Crippen molar-refractivity contribution in [1.82, 2.24) is 4.98 Å². The Labute approximate surface area is 82.5 Å². The van der Waals surface area contributed by atoms with Crippen LogP contribution in [0.1, 0.15) is 12.5 Å². The molecule has 1 heterocycles. The van der Waals surface area contributed by atoms with Gasteiger partial charge in [0.05, 0.1) is 11.6 Å². The number of pyridine rings is 1. The summed E-state index contributed by atoms with van der Waals surface area (Å²) in [7, 11) is 0. The monoisotopic (exact) mass is 200 g/mol. The second-order valence-corrected chi connectivity index (χ2v) is 3.86. The van der Waals surface area contributed by atoms with E-state index in [0.29, 0.717) is 11.4 Å². The van der Waals surface area contributed by atoms with Crippen LogP contribution in [0.25, 0.3) is 0 Å². The van der Waals surface area contributed by atoms with Crippen molar-refractivity contribution in [2.75, 3.05) is 6.61 Å². The molecule has 0 radical (unpaired) electrons. The van der Waals surface area contributed by atoms with E-state index in [1.165, 1.54) is 0 Å². The molecule has 1 aromatic heterocycles. The van der Waals surface area contributed by atoms with Crippen LogP contribution in [0.5, 0.6) is 0 Å². The molecule has 0 saturated carbocycles. The number of aliphatic hydroxyl groups is 1. The summed E-state index contributed by atoms with van der Waals surface area (Å²) < 4.78 is 0. The van der Waals surface area contributed by atoms with Crippen LogP contribution >= 0.6 is 11.6 Å². The molecular weight excluding hydrogens is 188 g/mol. The summed E-state index contributed by atoms with van der Waals surface area (Å²) in [6.07, 6.45) is 3.78. The fraction of sp³-hybridized carbons (Fsp3) is 0.444. The molecule has 72 valence electrons. The van der Waals surface area contributed by atoms with E-state index in [1.54, 1.807) is 19.3 Å². The third kappa shape index (κ3) is 2.95. The summed E-state index contributed by atoms with van der Waals surface area (Å²) in [5.74, 6) is 0. The summed E-state index contributed by atoms with van der Waals surface area (Å²) in [6.45, 7) is 1.72. The van der Waals surface area contributed by atoms with Gasteiger partial charge in [-0.25, -0.2) is 0 Å². The van der Waals surface area contributed by atoms with Crippen molar-refractivity contribution in [2.45, 2.75) is 18.9 Å². The van der Waals surface area contributed by atoms with Crippen molar-refractivity contribution in [2.24, 2.45) is 5.73 Å². The van der Waals surface area contributed by atoms with E-state index in [0.717, 1.165) is 5.56 Å². The number of rotatable bonds is 3. The van der Waals surface area contributed by atoms with E-state index in [9.17, 15) is 0 Å². The number of halogens is 1. The number of aliphatic hydroxyl groups excluding tert-OH is 1. The summed E-state index contributed by atoms with van der Waals surface area (Å²) in [6, 6.07) is 1.81. The van der Waals surface area contributed by atoms with E-state index in [2.05, 4.69) is 4.98 Å². The van der Waals surface area contributed by atoms with Gasteiger partial charge in [0.1, 0.15) is 0 Å². The Morgan fingerprint density at radius 1 is 1.69 bits per heavy atom. The minimum absolute atomic E-state index is 0.0638. The maximum atomic E-state index is 8.96. The summed E-state index contributed by atoms with van der Waals surface area (Å²) in [5.41, 5.74) is 6.08. The highest BCUT2D eigenvalue weighted by molar-refractivity contribution is 6.31. The maximum absolute atomic E-state index is 8.96. The largest absolute Gasteiger partial charge is 0.394 e. The standard InChI is InChI=1S/C9H13ClN2O/c1-9(11,6-13)4-7-2-3-12-5-8(7)10/h2-3,5,13H,4,6,11H2,1H3. The highest BCUT2D eigenvalue weighted by atomic mass is 35.5. The minimum Gasteiger partial charge on any atom is -0.394 e. The lowest BCUT2D eigenvalue weighted by Gasteiger charge is -2.21. The van der Waals surface area contributed by atoms with Crippen LogP contribution in [-0.2, 0) is 6.42 Å². The lowest BCUT2D eigenvalue weighted by atomic mass is 9.96. The lowest BCUT2D eigenvalue weighted by molar-refractivity contribution is 0.208. The molecule has 3 nitrogen and oxygen atoms in total.